The SMILES string of the molecule is OCC1OC(n2c3cc(O)ccc3c3c4c(c5c6ccc(O)cc6[nH]c5c32)C2OC2OC4O)C(O)C(O)C1O. The number of epoxide rings is 1. The van der Waals surface area contributed by atoms with E-state index in [9.17, 15) is 35.7 Å². The predicted molar refractivity (Wildman–Crippen MR) is 135 cm³/mol. The van der Waals surface area contributed by atoms with Crippen LogP contribution in [0.3, 0.4) is 0 Å². The van der Waals surface area contributed by atoms with Crippen molar-refractivity contribution < 1.29 is 50.0 Å². The van der Waals surface area contributed by atoms with Crippen LogP contribution in [0, 0.1) is 0 Å². The second kappa shape index (κ2) is 7.81. The van der Waals surface area contributed by atoms with Gasteiger partial charge in [-0.25, -0.2) is 0 Å². The quantitative estimate of drug-likeness (QED) is 0.152. The van der Waals surface area contributed by atoms with Gasteiger partial charge in [-0.05, 0) is 24.3 Å². The number of phenolic OH excluding ortho intramolecular Hbond substituents is 2. The number of phenols is 2. The van der Waals surface area contributed by atoms with Crippen LogP contribution in [0.4, 0.5) is 0 Å². The van der Waals surface area contributed by atoms with Crippen molar-refractivity contribution in [1.29, 1.82) is 0 Å². The number of fused-ring (bicyclic) bond motifs is 12. The number of aromatic amines is 1. The predicted octanol–water partition coefficient (Wildman–Crippen LogP) is 1.23. The lowest BCUT2D eigenvalue weighted by Gasteiger charge is -2.41. The Labute approximate surface area is 218 Å². The zero-order valence-corrected chi connectivity index (χ0v) is 20.1. The third-order valence-electron chi connectivity index (χ3n) is 8.20. The van der Waals surface area contributed by atoms with Crippen LogP contribution in [0.15, 0.2) is 36.4 Å². The third kappa shape index (κ3) is 2.99. The first-order chi connectivity index (χ1) is 18.8. The molecule has 0 spiro atoms. The maximum absolute atomic E-state index is 11.2. The average molecular weight is 536 g/mol. The molecule has 202 valence electrons. The minimum atomic E-state index is -1.65. The Morgan fingerprint density at radius 1 is 0.795 bits per heavy atom. The number of benzene rings is 3. The summed E-state index contributed by atoms with van der Waals surface area (Å²) in [5, 5.41) is 76.5. The third-order valence-corrected chi connectivity index (χ3v) is 8.20. The number of nitrogens with one attached hydrogen (secondary N) is 1. The zero-order chi connectivity index (χ0) is 26.9. The Balaban J connectivity index is 1.58. The van der Waals surface area contributed by atoms with Crippen molar-refractivity contribution in [2.24, 2.45) is 0 Å². The largest absolute Gasteiger partial charge is 0.508 e. The van der Waals surface area contributed by atoms with Gasteiger partial charge < -0.3 is 59.5 Å². The monoisotopic (exact) mass is 536 g/mol. The summed E-state index contributed by atoms with van der Waals surface area (Å²) < 4.78 is 19.0. The smallest absolute Gasteiger partial charge is 0.192 e. The molecule has 8 atom stereocenters. The molecule has 2 aromatic heterocycles. The van der Waals surface area contributed by atoms with Gasteiger partial charge in [0, 0.05) is 44.8 Å². The minimum Gasteiger partial charge on any atom is -0.508 e. The summed E-state index contributed by atoms with van der Waals surface area (Å²) in [6.07, 6.45) is -9.74. The van der Waals surface area contributed by atoms with Crippen molar-refractivity contribution in [2.45, 2.75) is 49.3 Å². The maximum Gasteiger partial charge on any atom is 0.192 e. The number of aromatic hydroxyl groups is 2. The van der Waals surface area contributed by atoms with Gasteiger partial charge in [0.25, 0.3) is 0 Å². The summed E-state index contributed by atoms with van der Waals surface area (Å²) in [5.41, 5.74) is 3.19. The van der Waals surface area contributed by atoms with E-state index in [0.717, 1.165) is 10.9 Å². The molecule has 12 heteroatoms. The summed E-state index contributed by atoms with van der Waals surface area (Å²) in [6, 6.07) is 9.50. The van der Waals surface area contributed by atoms with Crippen LogP contribution in [0.1, 0.15) is 29.7 Å². The lowest BCUT2D eigenvalue weighted by atomic mass is 9.91. The Kier molecular flexibility index (Phi) is 4.69. The van der Waals surface area contributed by atoms with Crippen LogP contribution in [0.5, 0.6) is 11.5 Å². The number of aromatic nitrogens is 2. The van der Waals surface area contributed by atoms with Gasteiger partial charge >= 0.3 is 0 Å². The molecule has 3 aliphatic heterocycles. The van der Waals surface area contributed by atoms with Crippen molar-refractivity contribution >= 4 is 43.6 Å². The summed E-state index contributed by atoms with van der Waals surface area (Å²) >= 11 is 0. The molecule has 3 aliphatic rings. The summed E-state index contributed by atoms with van der Waals surface area (Å²) in [4.78, 5) is 3.36. The topological polar surface area (TPSA) is 193 Å². The molecule has 39 heavy (non-hydrogen) atoms. The normalized spacial score (nSPS) is 32.2. The Bertz CT molecular complexity index is 1830. The van der Waals surface area contributed by atoms with Gasteiger partial charge in [0.05, 0.1) is 28.7 Å². The second-order valence-corrected chi connectivity index (χ2v) is 10.4. The molecule has 3 aromatic carbocycles. The molecule has 8 rings (SSSR count). The molecule has 2 saturated heterocycles. The molecular formula is C27H24N2O10. The standard InChI is InChI=1S/C27H24N2O10/c30-7-14-21(33)22(34)23(35)25(37-14)29-13-6-9(32)2-4-11(13)16-18-17(24-27(38-24)39-26(18)36)15-10-3-1-8(31)5-12(10)28-19(15)20(16)29/h1-6,14,21-28,30-36H,7H2. The molecule has 0 aliphatic carbocycles. The molecule has 0 radical (unpaired) electrons. The first-order valence-corrected chi connectivity index (χ1v) is 12.5. The van der Waals surface area contributed by atoms with E-state index >= 15 is 0 Å². The maximum atomic E-state index is 11.2. The number of ether oxygens (including phenoxy) is 3. The fraction of sp³-hybridized carbons (Fsp3) is 0.333. The van der Waals surface area contributed by atoms with Gasteiger partial charge in [0.2, 0.25) is 0 Å². The number of hydrogen-bond donors (Lipinski definition) is 8. The highest BCUT2D eigenvalue weighted by Gasteiger charge is 2.52. The summed E-state index contributed by atoms with van der Waals surface area (Å²) in [7, 11) is 0. The van der Waals surface area contributed by atoms with E-state index in [-0.39, 0.29) is 11.5 Å². The molecule has 8 unspecified atom stereocenters. The lowest BCUT2D eigenvalue weighted by molar-refractivity contribution is -0.249. The molecule has 0 amide bonds. The molecular weight excluding hydrogens is 512 g/mol. The van der Waals surface area contributed by atoms with E-state index in [1.54, 1.807) is 28.8 Å². The molecule has 5 aromatic rings. The number of rotatable bonds is 2. The summed E-state index contributed by atoms with van der Waals surface area (Å²) in [6.45, 7) is -0.618. The molecule has 2 fully saturated rings. The van der Waals surface area contributed by atoms with E-state index in [2.05, 4.69) is 4.98 Å². The number of hydrogen-bond acceptors (Lipinski definition) is 10. The van der Waals surface area contributed by atoms with Crippen LogP contribution in [-0.2, 0) is 14.2 Å². The van der Waals surface area contributed by atoms with Crippen molar-refractivity contribution in [3.8, 4) is 11.5 Å². The molecule has 5 heterocycles. The van der Waals surface area contributed by atoms with Gasteiger partial charge in [-0.15, -0.1) is 0 Å². The number of nitrogens with zero attached hydrogens (tertiary/aromatic N) is 1. The van der Waals surface area contributed by atoms with Crippen LogP contribution < -0.4 is 0 Å². The second-order valence-electron chi connectivity index (χ2n) is 10.4. The van der Waals surface area contributed by atoms with E-state index in [1.165, 1.54) is 12.1 Å². The fourth-order valence-corrected chi connectivity index (χ4v) is 6.44. The van der Waals surface area contributed by atoms with Crippen LogP contribution in [-0.4, -0.2) is 82.6 Å². The molecule has 8 N–H and O–H groups in total. The highest BCUT2D eigenvalue weighted by molar-refractivity contribution is 6.25. The van der Waals surface area contributed by atoms with Gasteiger partial charge in [-0.3, -0.25) is 0 Å². The summed E-state index contributed by atoms with van der Waals surface area (Å²) in [5.74, 6) is -0.0345. The highest BCUT2D eigenvalue weighted by Crippen LogP contribution is 2.57. The van der Waals surface area contributed by atoms with E-state index in [1.807, 2.05) is 0 Å². The lowest BCUT2D eigenvalue weighted by Crippen LogP contribution is -2.56. The molecule has 0 bridgehead atoms. The first-order valence-electron chi connectivity index (χ1n) is 12.5. The van der Waals surface area contributed by atoms with Gasteiger partial charge in [-0.1, -0.05) is 0 Å². The molecule has 12 nitrogen and oxygen atoms in total. The number of aliphatic hydroxyl groups is 5. The van der Waals surface area contributed by atoms with Crippen LogP contribution in [0.2, 0.25) is 0 Å². The Morgan fingerprint density at radius 2 is 1.54 bits per heavy atom. The van der Waals surface area contributed by atoms with Gasteiger partial charge in [0.1, 0.15) is 42.0 Å². The zero-order valence-electron chi connectivity index (χ0n) is 20.1. The van der Waals surface area contributed by atoms with Gasteiger partial charge in [-0.2, -0.15) is 0 Å². The number of aliphatic hydroxyl groups excluding tert-OH is 5. The number of H-pyrrole nitrogens is 1. The first kappa shape index (κ1) is 23.4. The van der Waals surface area contributed by atoms with E-state index < -0.39 is 55.9 Å². The van der Waals surface area contributed by atoms with Crippen LogP contribution >= 0.6 is 0 Å². The van der Waals surface area contributed by atoms with Crippen molar-refractivity contribution in [1.82, 2.24) is 9.55 Å². The Hall–Kier alpha value is -3.46. The van der Waals surface area contributed by atoms with Crippen molar-refractivity contribution in [3.63, 3.8) is 0 Å². The molecule has 0 saturated carbocycles. The van der Waals surface area contributed by atoms with Crippen molar-refractivity contribution in [3.05, 3.63) is 47.5 Å². The Morgan fingerprint density at radius 3 is 2.31 bits per heavy atom. The van der Waals surface area contributed by atoms with Crippen LogP contribution in [0.25, 0.3) is 43.6 Å². The van der Waals surface area contributed by atoms with Crippen molar-refractivity contribution in [2.75, 3.05) is 6.61 Å². The van der Waals surface area contributed by atoms with E-state index in [0.29, 0.717) is 43.8 Å². The average Bonchev–Trinajstić information content (AvgIpc) is 3.48. The van der Waals surface area contributed by atoms with Gasteiger partial charge in [0.15, 0.2) is 18.8 Å². The van der Waals surface area contributed by atoms with E-state index in [4.69, 9.17) is 14.2 Å². The minimum absolute atomic E-state index is 0.0440. The highest BCUT2D eigenvalue weighted by atomic mass is 16.8. The fourth-order valence-electron chi connectivity index (χ4n) is 6.44.